The molecule has 4 nitrogen and oxygen atoms in total. The monoisotopic (exact) mass is 352 g/mol. The SMILES string of the molecule is Clc1ccc(CNC2=NCCCN2)cn1.I. The van der Waals surface area contributed by atoms with Crippen LogP contribution in [0.2, 0.25) is 5.15 Å². The summed E-state index contributed by atoms with van der Waals surface area (Å²) in [5, 5.41) is 6.93. The molecule has 0 saturated carbocycles. The predicted octanol–water partition coefficient (Wildman–Crippen LogP) is 1.79. The highest BCUT2D eigenvalue weighted by Crippen LogP contribution is 2.04. The molecule has 0 atom stereocenters. The Bertz CT molecular complexity index is 352. The quantitative estimate of drug-likeness (QED) is 0.630. The van der Waals surface area contributed by atoms with E-state index in [1.807, 2.05) is 6.07 Å². The van der Waals surface area contributed by atoms with Gasteiger partial charge in [-0.05, 0) is 18.1 Å². The second kappa shape index (κ2) is 6.90. The Morgan fingerprint density at radius 1 is 1.44 bits per heavy atom. The molecule has 0 aliphatic carbocycles. The lowest BCUT2D eigenvalue weighted by molar-refractivity contribution is 0.701. The summed E-state index contributed by atoms with van der Waals surface area (Å²) >= 11 is 5.69. The number of pyridine rings is 1. The Morgan fingerprint density at radius 3 is 2.94 bits per heavy atom. The lowest BCUT2D eigenvalue weighted by Crippen LogP contribution is -2.40. The molecule has 2 heterocycles. The first-order valence-electron chi connectivity index (χ1n) is 4.97. The molecule has 0 fully saturated rings. The van der Waals surface area contributed by atoms with E-state index in [4.69, 9.17) is 11.6 Å². The molecule has 0 unspecified atom stereocenters. The minimum Gasteiger partial charge on any atom is -0.356 e. The maximum Gasteiger partial charge on any atom is 0.191 e. The van der Waals surface area contributed by atoms with Crippen molar-refractivity contribution < 1.29 is 0 Å². The second-order valence-corrected chi connectivity index (χ2v) is 3.74. The van der Waals surface area contributed by atoms with E-state index in [0.29, 0.717) is 5.15 Å². The molecule has 0 bridgehead atoms. The van der Waals surface area contributed by atoms with Crippen molar-refractivity contribution >= 4 is 41.5 Å². The number of nitrogens with one attached hydrogen (secondary N) is 2. The summed E-state index contributed by atoms with van der Waals surface area (Å²) in [6, 6.07) is 3.74. The zero-order valence-corrected chi connectivity index (χ0v) is 11.8. The minimum absolute atomic E-state index is 0. The van der Waals surface area contributed by atoms with E-state index in [1.54, 1.807) is 12.3 Å². The Kier molecular flexibility index (Phi) is 5.83. The summed E-state index contributed by atoms with van der Waals surface area (Å²) in [5.74, 6) is 0.871. The summed E-state index contributed by atoms with van der Waals surface area (Å²) in [7, 11) is 0. The summed E-state index contributed by atoms with van der Waals surface area (Å²) in [5.41, 5.74) is 1.09. The fraction of sp³-hybridized carbons (Fsp3) is 0.400. The van der Waals surface area contributed by atoms with E-state index in [1.165, 1.54) is 0 Å². The molecule has 1 aliphatic rings. The van der Waals surface area contributed by atoms with Gasteiger partial charge in [-0.15, -0.1) is 24.0 Å². The van der Waals surface area contributed by atoms with Crippen LogP contribution in [-0.2, 0) is 6.54 Å². The Labute approximate surface area is 117 Å². The molecule has 88 valence electrons. The van der Waals surface area contributed by atoms with Crippen LogP contribution < -0.4 is 10.6 Å². The van der Waals surface area contributed by atoms with E-state index in [2.05, 4.69) is 20.6 Å². The zero-order valence-electron chi connectivity index (χ0n) is 8.74. The highest BCUT2D eigenvalue weighted by Gasteiger charge is 2.02. The molecule has 0 aromatic carbocycles. The van der Waals surface area contributed by atoms with Gasteiger partial charge < -0.3 is 10.6 Å². The van der Waals surface area contributed by atoms with Crippen LogP contribution in [0.3, 0.4) is 0 Å². The van der Waals surface area contributed by atoms with Crippen LogP contribution in [0, 0.1) is 0 Å². The van der Waals surface area contributed by atoms with Crippen molar-refractivity contribution in [3.63, 3.8) is 0 Å². The molecular formula is C10H14ClIN4. The average Bonchev–Trinajstić information content (AvgIpc) is 2.30. The molecule has 2 N–H and O–H groups in total. The van der Waals surface area contributed by atoms with Crippen molar-refractivity contribution in [2.24, 2.45) is 4.99 Å². The highest BCUT2D eigenvalue weighted by molar-refractivity contribution is 14.0. The topological polar surface area (TPSA) is 49.3 Å². The molecule has 6 heteroatoms. The van der Waals surface area contributed by atoms with E-state index in [-0.39, 0.29) is 24.0 Å². The van der Waals surface area contributed by atoms with Crippen molar-refractivity contribution in [3.8, 4) is 0 Å². The molecule has 0 saturated heterocycles. The van der Waals surface area contributed by atoms with Gasteiger partial charge in [0.2, 0.25) is 0 Å². The molecule has 0 amide bonds. The number of guanidine groups is 1. The van der Waals surface area contributed by atoms with Gasteiger partial charge in [0, 0.05) is 25.8 Å². The van der Waals surface area contributed by atoms with Gasteiger partial charge in [-0.25, -0.2) is 4.98 Å². The molecule has 1 aliphatic heterocycles. The van der Waals surface area contributed by atoms with Crippen molar-refractivity contribution in [2.45, 2.75) is 13.0 Å². The summed E-state index contributed by atoms with van der Waals surface area (Å²) in [4.78, 5) is 8.32. The van der Waals surface area contributed by atoms with E-state index >= 15 is 0 Å². The molecule has 2 rings (SSSR count). The number of hydrogen-bond acceptors (Lipinski definition) is 4. The third-order valence-electron chi connectivity index (χ3n) is 2.15. The summed E-state index contributed by atoms with van der Waals surface area (Å²) < 4.78 is 0. The van der Waals surface area contributed by atoms with Gasteiger partial charge in [0.1, 0.15) is 5.15 Å². The van der Waals surface area contributed by atoms with Gasteiger partial charge in [0.25, 0.3) is 0 Å². The summed E-state index contributed by atoms with van der Waals surface area (Å²) in [6.45, 7) is 2.61. The van der Waals surface area contributed by atoms with Crippen molar-refractivity contribution in [1.29, 1.82) is 0 Å². The van der Waals surface area contributed by atoms with Gasteiger partial charge >= 0.3 is 0 Å². The molecule has 1 aromatic rings. The van der Waals surface area contributed by atoms with Gasteiger partial charge in [0.05, 0.1) is 0 Å². The Morgan fingerprint density at radius 2 is 2.31 bits per heavy atom. The largest absolute Gasteiger partial charge is 0.356 e. The third-order valence-corrected chi connectivity index (χ3v) is 2.37. The van der Waals surface area contributed by atoms with Crippen LogP contribution in [0.25, 0.3) is 0 Å². The van der Waals surface area contributed by atoms with Crippen LogP contribution in [-0.4, -0.2) is 24.0 Å². The first-order chi connectivity index (χ1) is 7.34. The van der Waals surface area contributed by atoms with Crippen LogP contribution in [0.1, 0.15) is 12.0 Å². The minimum atomic E-state index is 0. The van der Waals surface area contributed by atoms with Gasteiger partial charge in [-0.2, -0.15) is 0 Å². The van der Waals surface area contributed by atoms with Crippen LogP contribution in [0.5, 0.6) is 0 Å². The third kappa shape index (κ3) is 4.13. The molecule has 0 spiro atoms. The number of hydrogen-bond donors (Lipinski definition) is 2. The number of aromatic nitrogens is 1. The molecule has 1 aromatic heterocycles. The van der Waals surface area contributed by atoms with Crippen LogP contribution in [0.15, 0.2) is 23.3 Å². The van der Waals surface area contributed by atoms with Gasteiger partial charge in [-0.3, -0.25) is 4.99 Å². The molecule has 16 heavy (non-hydrogen) atoms. The van der Waals surface area contributed by atoms with E-state index < -0.39 is 0 Å². The fourth-order valence-corrected chi connectivity index (χ4v) is 1.46. The smallest absolute Gasteiger partial charge is 0.191 e. The lowest BCUT2D eigenvalue weighted by atomic mass is 10.3. The average molecular weight is 353 g/mol. The first kappa shape index (κ1) is 13.5. The molecule has 0 radical (unpaired) electrons. The van der Waals surface area contributed by atoms with E-state index in [9.17, 15) is 0 Å². The maximum atomic E-state index is 5.69. The second-order valence-electron chi connectivity index (χ2n) is 3.35. The zero-order chi connectivity index (χ0) is 10.5. The van der Waals surface area contributed by atoms with Crippen molar-refractivity contribution in [3.05, 3.63) is 29.0 Å². The van der Waals surface area contributed by atoms with Crippen molar-refractivity contribution in [2.75, 3.05) is 13.1 Å². The lowest BCUT2D eigenvalue weighted by Gasteiger charge is -2.15. The number of nitrogens with zero attached hydrogens (tertiary/aromatic N) is 2. The van der Waals surface area contributed by atoms with Crippen LogP contribution >= 0.6 is 35.6 Å². The Hall–Kier alpha value is -0.560. The summed E-state index contributed by atoms with van der Waals surface area (Å²) in [6.07, 6.45) is 2.87. The van der Waals surface area contributed by atoms with Gasteiger partial charge in [0.15, 0.2) is 5.96 Å². The number of halogens is 2. The molecular weight excluding hydrogens is 338 g/mol. The van der Waals surface area contributed by atoms with Crippen LogP contribution in [0.4, 0.5) is 0 Å². The first-order valence-corrected chi connectivity index (χ1v) is 5.35. The number of aliphatic imine (C=N–C) groups is 1. The van der Waals surface area contributed by atoms with Gasteiger partial charge in [-0.1, -0.05) is 17.7 Å². The Balaban J connectivity index is 0.00000128. The highest BCUT2D eigenvalue weighted by atomic mass is 127. The maximum absolute atomic E-state index is 5.69. The standard InChI is InChI=1S/C10H13ClN4.HI/c11-9-3-2-8(6-14-9)7-15-10-12-4-1-5-13-10;/h2-3,6H,1,4-5,7H2,(H2,12,13,15);1H. The fourth-order valence-electron chi connectivity index (χ4n) is 1.35. The van der Waals surface area contributed by atoms with Crippen molar-refractivity contribution in [1.82, 2.24) is 15.6 Å². The normalized spacial score (nSPS) is 14.4. The predicted molar refractivity (Wildman–Crippen MR) is 76.4 cm³/mol. The van der Waals surface area contributed by atoms with E-state index in [0.717, 1.165) is 37.6 Å². The number of rotatable bonds is 2.